The minimum absolute atomic E-state index is 0.172. The molecule has 0 radical (unpaired) electrons. The van der Waals surface area contributed by atoms with Gasteiger partial charge in [0.25, 0.3) is 0 Å². The van der Waals surface area contributed by atoms with Crippen molar-refractivity contribution in [3.8, 4) is 0 Å². The first kappa shape index (κ1) is 12.0. The van der Waals surface area contributed by atoms with Gasteiger partial charge in [-0.1, -0.05) is 6.07 Å². The quantitative estimate of drug-likeness (QED) is 0.787. The standard InChI is InChI=1S/C11H13FO2S/c1-8-6-10(12)3-2-9(8)7-15-5-4-11(13)14/h2-3,6H,4-5,7H2,1H3,(H,13,14). The van der Waals surface area contributed by atoms with Crippen molar-refractivity contribution in [1.29, 1.82) is 0 Å². The molecule has 1 aromatic rings. The Balaban J connectivity index is 2.40. The molecule has 1 N–H and O–H groups in total. The third-order valence-corrected chi connectivity index (χ3v) is 3.03. The van der Waals surface area contributed by atoms with Gasteiger partial charge in [0.05, 0.1) is 6.42 Å². The highest BCUT2D eigenvalue weighted by atomic mass is 32.2. The summed E-state index contributed by atoms with van der Waals surface area (Å²) >= 11 is 1.55. The molecule has 2 nitrogen and oxygen atoms in total. The normalized spacial score (nSPS) is 10.3. The Morgan fingerprint density at radius 2 is 2.27 bits per heavy atom. The van der Waals surface area contributed by atoms with E-state index in [-0.39, 0.29) is 12.2 Å². The van der Waals surface area contributed by atoms with Crippen LogP contribution < -0.4 is 0 Å². The average Bonchev–Trinajstić information content (AvgIpc) is 2.14. The zero-order chi connectivity index (χ0) is 11.3. The number of carboxylic acid groups (broad SMARTS) is 1. The van der Waals surface area contributed by atoms with Crippen LogP contribution in [0, 0.1) is 12.7 Å². The molecule has 0 aliphatic rings. The molecule has 1 rings (SSSR count). The highest BCUT2D eigenvalue weighted by molar-refractivity contribution is 7.98. The van der Waals surface area contributed by atoms with Crippen molar-refractivity contribution in [2.24, 2.45) is 0 Å². The first-order valence-electron chi connectivity index (χ1n) is 4.64. The maximum atomic E-state index is 12.8. The highest BCUT2D eigenvalue weighted by Gasteiger charge is 2.01. The van der Waals surface area contributed by atoms with Crippen LogP contribution in [-0.4, -0.2) is 16.8 Å². The van der Waals surface area contributed by atoms with E-state index in [1.807, 2.05) is 6.92 Å². The number of hydrogen-bond acceptors (Lipinski definition) is 2. The second-order valence-corrected chi connectivity index (χ2v) is 4.37. The van der Waals surface area contributed by atoms with E-state index in [2.05, 4.69) is 0 Å². The summed E-state index contributed by atoms with van der Waals surface area (Å²) in [4.78, 5) is 10.3. The largest absolute Gasteiger partial charge is 0.481 e. The fourth-order valence-electron chi connectivity index (χ4n) is 1.16. The molecule has 0 aromatic heterocycles. The third kappa shape index (κ3) is 4.34. The topological polar surface area (TPSA) is 37.3 Å². The maximum Gasteiger partial charge on any atom is 0.304 e. The number of aryl methyl sites for hydroxylation is 1. The molecule has 0 heterocycles. The zero-order valence-corrected chi connectivity index (χ0v) is 9.31. The van der Waals surface area contributed by atoms with Crippen molar-refractivity contribution < 1.29 is 14.3 Å². The summed E-state index contributed by atoms with van der Waals surface area (Å²) in [6, 6.07) is 4.67. The van der Waals surface area contributed by atoms with Crippen LogP contribution in [0.1, 0.15) is 17.5 Å². The Morgan fingerprint density at radius 3 is 2.87 bits per heavy atom. The summed E-state index contributed by atoms with van der Waals surface area (Å²) < 4.78 is 12.8. The fourth-order valence-corrected chi connectivity index (χ4v) is 2.17. The van der Waals surface area contributed by atoms with Gasteiger partial charge in [0.15, 0.2) is 0 Å². The summed E-state index contributed by atoms with van der Waals surface area (Å²) in [6.45, 7) is 1.86. The Labute approximate surface area is 92.5 Å². The second-order valence-electron chi connectivity index (χ2n) is 3.27. The molecule has 0 aliphatic heterocycles. The van der Waals surface area contributed by atoms with Crippen LogP contribution in [0.4, 0.5) is 4.39 Å². The van der Waals surface area contributed by atoms with E-state index in [0.29, 0.717) is 5.75 Å². The summed E-state index contributed by atoms with van der Waals surface area (Å²) in [5.74, 6) is 0.316. The monoisotopic (exact) mass is 228 g/mol. The van der Waals surface area contributed by atoms with Gasteiger partial charge >= 0.3 is 5.97 Å². The smallest absolute Gasteiger partial charge is 0.304 e. The van der Waals surface area contributed by atoms with Crippen LogP contribution in [0.3, 0.4) is 0 Å². The SMILES string of the molecule is Cc1cc(F)ccc1CSCCC(=O)O. The number of carbonyl (C=O) groups is 1. The molecule has 1 aromatic carbocycles. The predicted octanol–water partition coefficient (Wildman–Crippen LogP) is 2.84. The molecule has 0 aliphatic carbocycles. The lowest BCUT2D eigenvalue weighted by atomic mass is 10.1. The summed E-state index contributed by atoms with van der Waals surface area (Å²) in [5.41, 5.74) is 1.98. The van der Waals surface area contributed by atoms with Gasteiger partial charge in [-0.15, -0.1) is 0 Å². The molecule has 0 amide bonds. The van der Waals surface area contributed by atoms with E-state index in [1.54, 1.807) is 17.8 Å². The van der Waals surface area contributed by atoms with Gasteiger partial charge in [-0.05, 0) is 30.2 Å². The minimum atomic E-state index is -0.779. The molecule has 82 valence electrons. The lowest BCUT2D eigenvalue weighted by molar-refractivity contribution is -0.136. The molecular formula is C11H13FO2S. The Bertz CT molecular complexity index is 352. The Hall–Kier alpha value is -1.03. The van der Waals surface area contributed by atoms with Gasteiger partial charge in [-0.3, -0.25) is 4.79 Å². The minimum Gasteiger partial charge on any atom is -0.481 e. The summed E-state index contributed by atoms with van der Waals surface area (Å²) in [5, 5.41) is 8.44. The van der Waals surface area contributed by atoms with E-state index < -0.39 is 5.97 Å². The molecule has 0 bridgehead atoms. The molecule has 15 heavy (non-hydrogen) atoms. The number of hydrogen-bond donors (Lipinski definition) is 1. The Kier molecular flexibility index (Phi) is 4.62. The number of carboxylic acids is 1. The van der Waals surface area contributed by atoms with Crippen LogP contribution in [0.5, 0.6) is 0 Å². The van der Waals surface area contributed by atoms with Crippen LogP contribution in [0.15, 0.2) is 18.2 Å². The zero-order valence-electron chi connectivity index (χ0n) is 8.50. The number of aliphatic carboxylic acids is 1. The molecule has 0 fully saturated rings. The second kappa shape index (κ2) is 5.75. The maximum absolute atomic E-state index is 12.8. The third-order valence-electron chi connectivity index (χ3n) is 2.02. The summed E-state index contributed by atoms with van der Waals surface area (Å²) in [6.07, 6.45) is 0.172. The van der Waals surface area contributed by atoms with Crippen LogP contribution in [0.2, 0.25) is 0 Å². The molecule has 0 unspecified atom stereocenters. The van der Waals surface area contributed by atoms with Crippen molar-refractivity contribution in [1.82, 2.24) is 0 Å². The summed E-state index contributed by atoms with van der Waals surface area (Å²) in [7, 11) is 0. The average molecular weight is 228 g/mol. The van der Waals surface area contributed by atoms with Crippen LogP contribution in [-0.2, 0) is 10.5 Å². The lowest BCUT2D eigenvalue weighted by Gasteiger charge is -2.04. The van der Waals surface area contributed by atoms with Gasteiger partial charge in [0.1, 0.15) is 5.82 Å². The van der Waals surface area contributed by atoms with Gasteiger partial charge in [-0.25, -0.2) is 4.39 Å². The van der Waals surface area contributed by atoms with E-state index in [1.165, 1.54) is 12.1 Å². The predicted molar refractivity (Wildman–Crippen MR) is 59.6 cm³/mol. The van der Waals surface area contributed by atoms with Gasteiger partial charge in [0, 0.05) is 11.5 Å². The lowest BCUT2D eigenvalue weighted by Crippen LogP contribution is -1.96. The fraction of sp³-hybridized carbons (Fsp3) is 0.364. The van der Waals surface area contributed by atoms with E-state index >= 15 is 0 Å². The Morgan fingerprint density at radius 1 is 1.53 bits per heavy atom. The molecule has 4 heteroatoms. The van der Waals surface area contributed by atoms with Crippen molar-refractivity contribution >= 4 is 17.7 Å². The first-order valence-corrected chi connectivity index (χ1v) is 5.79. The molecular weight excluding hydrogens is 215 g/mol. The molecule has 0 saturated carbocycles. The highest BCUT2D eigenvalue weighted by Crippen LogP contribution is 2.17. The molecule has 0 spiro atoms. The number of benzene rings is 1. The van der Waals surface area contributed by atoms with Crippen molar-refractivity contribution in [3.05, 3.63) is 35.1 Å². The van der Waals surface area contributed by atoms with Gasteiger partial charge in [0.2, 0.25) is 0 Å². The van der Waals surface area contributed by atoms with E-state index in [4.69, 9.17) is 5.11 Å². The molecule has 0 atom stereocenters. The van der Waals surface area contributed by atoms with Crippen LogP contribution >= 0.6 is 11.8 Å². The molecule has 0 saturated heterocycles. The van der Waals surface area contributed by atoms with Crippen molar-refractivity contribution in [2.45, 2.75) is 19.1 Å². The first-order chi connectivity index (χ1) is 7.09. The van der Waals surface area contributed by atoms with E-state index in [0.717, 1.165) is 16.9 Å². The number of thioether (sulfide) groups is 1. The number of rotatable bonds is 5. The van der Waals surface area contributed by atoms with E-state index in [9.17, 15) is 9.18 Å². The van der Waals surface area contributed by atoms with Gasteiger partial charge < -0.3 is 5.11 Å². The van der Waals surface area contributed by atoms with Crippen molar-refractivity contribution in [3.63, 3.8) is 0 Å². The van der Waals surface area contributed by atoms with Crippen molar-refractivity contribution in [2.75, 3.05) is 5.75 Å². The van der Waals surface area contributed by atoms with Crippen LogP contribution in [0.25, 0.3) is 0 Å². The van der Waals surface area contributed by atoms with Gasteiger partial charge in [-0.2, -0.15) is 11.8 Å². The number of halogens is 1.